The van der Waals surface area contributed by atoms with Gasteiger partial charge in [-0.2, -0.15) is 0 Å². The summed E-state index contributed by atoms with van der Waals surface area (Å²) in [7, 11) is 0. The number of aromatic nitrogens is 1. The van der Waals surface area contributed by atoms with Crippen LogP contribution in [0.3, 0.4) is 0 Å². The number of anilines is 1. The highest BCUT2D eigenvalue weighted by Crippen LogP contribution is 2.39. The Hall–Kier alpha value is -1.61. The molecule has 0 radical (unpaired) electrons. The molecule has 3 heterocycles. The number of hydrogen-bond donors (Lipinski definition) is 1. The molecular formula is C16H19N3. The number of para-hydroxylation sites is 1. The molecule has 2 aliphatic rings. The molecule has 98 valence electrons. The van der Waals surface area contributed by atoms with Gasteiger partial charge in [-0.1, -0.05) is 18.2 Å². The fourth-order valence-corrected chi connectivity index (χ4v) is 3.63. The van der Waals surface area contributed by atoms with Crippen molar-refractivity contribution in [3.8, 4) is 0 Å². The summed E-state index contributed by atoms with van der Waals surface area (Å²) in [6, 6.07) is 10.7. The van der Waals surface area contributed by atoms with Crippen molar-refractivity contribution in [2.45, 2.75) is 12.8 Å². The average Bonchev–Trinajstić information content (AvgIpc) is 3.09. The van der Waals surface area contributed by atoms with Gasteiger partial charge in [0.1, 0.15) is 0 Å². The smallest absolute Gasteiger partial charge is 0.0935 e. The molecule has 2 aliphatic heterocycles. The van der Waals surface area contributed by atoms with Gasteiger partial charge in [0.25, 0.3) is 0 Å². The quantitative estimate of drug-likeness (QED) is 0.846. The summed E-state index contributed by atoms with van der Waals surface area (Å²) in [6.07, 6.45) is 4.53. The number of nitrogens with zero attached hydrogens (tertiary/aromatic N) is 2. The molecule has 4 rings (SSSR count). The van der Waals surface area contributed by atoms with Crippen LogP contribution in [0.2, 0.25) is 0 Å². The maximum absolute atomic E-state index is 4.58. The first-order valence-corrected chi connectivity index (χ1v) is 7.16. The van der Waals surface area contributed by atoms with E-state index in [9.17, 15) is 0 Å². The van der Waals surface area contributed by atoms with Crippen molar-refractivity contribution in [2.75, 3.05) is 31.1 Å². The Morgan fingerprint density at radius 2 is 2.11 bits per heavy atom. The van der Waals surface area contributed by atoms with Crippen LogP contribution in [-0.2, 0) is 0 Å². The van der Waals surface area contributed by atoms with Crippen molar-refractivity contribution < 1.29 is 0 Å². The highest BCUT2D eigenvalue weighted by atomic mass is 15.2. The topological polar surface area (TPSA) is 28.2 Å². The van der Waals surface area contributed by atoms with E-state index in [0.29, 0.717) is 5.41 Å². The van der Waals surface area contributed by atoms with Crippen LogP contribution in [-0.4, -0.2) is 31.2 Å². The third-order valence-corrected chi connectivity index (χ3v) is 4.72. The molecule has 0 saturated carbocycles. The summed E-state index contributed by atoms with van der Waals surface area (Å²) in [6.45, 7) is 4.70. The fourth-order valence-electron chi connectivity index (χ4n) is 3.63. The van der Waals surface area contributed by atoms with Crippen LogP contribution >= 0.6 is 0 Å². The number of benzene rings is 1. The minimum absolute atomic E-state index is 0.511. The second-order valence-corrected chi connectivity index (χ2v) is 5.95. The summed E-state index contributed by atoms with van der Waals surface area (Å²) in [4.78, 5) is 7.11. The Kier molecular flexibility index (Phi) is 2.49. The zero-order valence-electron chi connectivity index (χ0n) is 11.1. The van der Waals surface area contributed by atoms with E-state index < -0.39 is 0 Å². The molecule has 1 spiro atoms. The number of nitrogens with one attached hydrogen (secondary N) is 1. The Morgan fingerprint density at radius 3 is 3.00 bits per heavy atom. The predicted octanol–water partition coefficient (Wildman–Crippen LogP) is 2.42. The van der Waals surface area contributed by atoms with E-state index in [1.54, 1.807) is 0 Å². The van der Waals surface area contributed by atoms with Crippen molar-refractivity contribution in [3.05, 3.63) is 36.5 Å². The second-order valence-electron chi connectivity index (χ2n) is 5.95. The molecular weight excluding hydrogens is 234 g/mol. The van der Waals surface area contributed by atoms with Crippen LogP contribution in [0.5, 0.6) is 0 Å². The zero-order valence-corrected chi connectivity index (χ0v) is 11.1. The number of rotatable bonds is 1. The average molecular weight is 253 g/mol. The van der Waals surface area contributed by atoms with E-state index in [2.05, 4.69) is 39.5 Å². The first-order chi connectivity index (χ1) is 9.36. The van der Waals surface area contributed by atoms with E-state index in [1.165, 1.54) is 43.5 Å². The number of pyridine rings is 1. The van der Waals surface area contributed by atoms with Gasteiger partial charge in [0.2, 0.25) is 0 Å². The third kappa shape index (κ3) is 1.80. The minimum Gasteiger partial charge on any atom is -0.369 e. The summed E-state index contributed by atoms with van der Waals surface area (Å²) in [5, 5.41) is 4.76. The Labute approximate surface area is 113 Å². The maximum atomic E-state index is 4.58. The Morgan fingerprint density at radius 1 is 1.16 bits per heavy atom. The van der Waals surface area contributed by atoms with Crippen molar-refractivity contribution in [3.63, 3.8) is 0 Å². The molecule has 1 unspecified atom stereocenters. The van der Waals surface area contributed by atoms with Crippen LogP contribution in [0.4, 0.5) is 5.69 Å². The van der Waals surface area contributed by atoms with Gasteiger partial charge in [0.05, 0.1) is 11.2 Å². The van der Waals surface area contributed by atoms with E-state index in [4.69, 9.17) is 0 Å². The largest absolute Gasteiger partial charge is 0.369 e. The second kappa shape index (κ2) is 4.20. The zero-order chi connectivity index (χ0) is 12.7. The fraction of sp³-hybridized carbons (Fsp3) is 0.438. The molecule has 19 heavy (non-hydrogen) atoms. The van der Waals surface area contributed by atoms with E-state index in [-0.39, 0.29) is 0 Å². The summed E-state index contributed by atoms with van der Waals surface area (Å²) >= 11 is 0. The Balaban J connectivity index is 1.72. The van der Waals surface area contributed by atoms with Crippen LogP contribution < -0.4 is 10.2 Å². The van der Waals surface area contributed by atoms with Crippen molar-refractivity contribution in [1.29, 1.82) is 0 Å². The summed E-state index contributed by atoms with van der Waals surface area (Å²) < 4.78 is 0. The predicted molar refractivity (Wildman–Crippen MR) is 78.5 cm³/mol. The maximum Gasteiger partial charge on any atom is 0.0935 e. The monoisotopic (exact) mass is 253 g/mol. The first kappa shape index (κ1) is 11.2. The van der Waals surface area contributed by atoms with Gasteiger partial charge in [-0.25, -0.2) is 0 Å². The van der Waals surface area contributed by atoms with Gasteiger partial charge in [-0.05, 0) is 31.5 Å². The first-order valence-electron chi connectivity index (χ1n) is 7.16. The van der Waals surface area contributed by atoms with Crippen LogP contribution in [0.25, 0.3) is 10.9 Å². The minimum atomic E-state index is 0.511. The molecule has 1 aromatic carbocycles. The highest BCUT2D eigenvalue weighted by molar-refractivity contribution is 5.90. The molecule has 3 heteroatoms. The standard InChI is InChI=1S/C16H19N3/c1-3-13-4-2-8-18-15(13)14(5-1)19-10-7-16(12-19)6-9-17-11-16/h1-5,8,17H,6-7,9-12H2. The lowest BCUT2D eigenvalue weighted by molar-refractivity contribution is 0.369. The van der Waals surface area contributed by atoms with Crippen molar-refractivity contribution in [2.24, 2.45) is 5.41 Å². The van der Waals surface area contributed by atoms with Gasteiger partial charge in [-0.15, -0.1) is 0 Å². The van der Waals surface area contributed by atoms with Gasteiger partial charge in [-0.3, -0.25) is 4.98 Å². The summed E-state index contributed by atoms with van der Waals surface area (Å²) in [5.41, 5.74) is 2.96. The molecule has 1 atom stereocenters. The molecule has 2 fully saturated rings. The van der Waals surface area contributed by atoms with Crippen LogP contribution in [0.1, 0.15) is 12.8 Å². The molecule has 1 aromatic heterocycles. The molecule has 3 nitrogen and oxygen atoms in total. The Bertz CT molecular complexity index is 596. The van der Waals surface area contributed by atoms with Crippen LogP contribution in [0.15, 0.2) is 36.5 Å². The van der Waals surface area contributed by atoms with E-state index >= 15 is 0 Å². The van der Waals surface area contributed by atoms with Crippen molar-refractivity contribution >= 4 is 16.6 Å². The lowest BCUT2D eigenvalue weighted by Crippen LogP contribution is -2.29. The lowest BCUT2D eigenvalue weighted by Gasteiger charge is -2.24. The number of hydrogen-bond acceptors (Lipinski definition) is 3. The van der Waals surface area contributed by atoms with Crippen LogP contribution in [0, 0.1) is 5.41 Å². The molecule has 0 bridgehead atoms. The van der Waals surface area contributed by atoms with Gasteiger partial charge < -0.3 is 10.2 Å². The van der Waals surface area contributed by atoms with Crippen molar-refractivity contribution in [1.82, 2.24) is 10.3 Å². The van der Waals surface area contributed by atoms with Gasteiger partial charge >= 0.3 is 0 Å². The molecule has 2 saturated heterocycles. The SMILES string of the molecule is c1cnc2c(N3CCC4(CCNC4)C3)cccc2c1. The third-order valence-electron chi connectivity index (χ3n) is 4.72. The van der Waals surface area contributed by atoms with E-state index in [0.717, 1.165) is 12.1 Å². The normalized spacial score (nSPS) is 26.6. The highest BCUT2D eigenvalue weighted by Gasteiger charge is 2.40. The summed E-state index contributed by atoms with van der Waals surface area (Å²) in [5.74, 6) is 0. The van der Waals surface area contributed by atoms with Gasteiger partial charge in [0, 0.05) is 36.6 Å². The van der Waals surface area contributed by atoms with Gasteiger partial charge in [0.15, 0.2) is 0 Å². The molecule has 2 aromatic rings. The molecule has 1 N–H and O–H groups in total. The molecule has 0 aliphatic carbocycles. The molecule has 0 amide bonds. The van der Waals surface area contributed by atoms with E-state index in [1.807, 2.05) is 12.3 Å². The lowest BCUT2D eigenvalue weighted by atomic mass is 9.86. The number of fused-ring (bicyclic) bond motifs is 1.